The number of amides is 2. The number of anilines is 1. The highest BCUT2D eigenvalue weighted by molar-refractivity contribution is 6.31. The van der Waals surface area contributed by atoms with Crippen LogP contribution in [0, 0.1) is 0 Å². The molecule has 0 radical (unpaired) electrons. The van der Waals surface area contributed by atoms with Crippen LogP contribution in [-0.2, 0) is 6.18 Å². The van der Waals surface area contributed by atoms with Gasteiger partial charge in [0.15, 0.2) is 0 Å². The maximum absolute atomic E-state index is 12.5. The molecule has 26 heavy (non-hydrogen) atoms. The largest absolute Gasteiger partial charge is 0.433 e. The Morgan fingerprint density at radius 2 is 1.88 bits per heavy atom. The van der Waals surface area contributed by atoms with Crippen molar-refractivity contribution in [1.29, 1.82) is 0 Å². The number of aromatic nitrogens is 1. The van der Waals surface area contributed by atoms with E-state index in [0.717, 1.165) is 18.7 Å². The summed E-state index contributed by atoms with van der Waals surface area (Å²) in [6.45, 7) is 2.35. The van der Waals surface area contributed by atoms with E-state index >= 15 is 0 Å². The van der Waals surface area contributed by atoms with Crippen molar-refractivity contribution in [3.63, 3.8) is 0 Å². The van der Waals surface area contributed by atoms with Crippen LogP contribution in [0.15, 0.2) is 36.5 Å². The van der Waals surface area contributed by atoms with Crippen LogP contribution in [0.5, 0.6) is 0 Å². The van der Waals surface area contributed by atoms with Crippen LogP contribution in [0.1, 0.15) is 39.8 Å². The minimum atomic E-state index is -4.59. The molecule has 0 spiro atoms. The van der Waals surface area contributed by atoms with Crippen molar-refractivity contribution in [3.05, 3.63) is 58.4 Å². The highest BCUT2D eigenvalue weighted by atomic mass is 35.5. The molecule has 2 amide bonds. The normalized spacial score (nSPS) is 11.1. The van der Waals surface area contributed by atoms with Crippen molar-refractivity contribution in [3.8, 4) is 0 Å². The predicted molar refractivity (Wildman–Crippen MR) is 91.3 cm³/mol. The molecule has 2 N–H and O–H groups in total. The fourth-order valence-corrected chi connectivity index (χ4v) is 2.21. The summed E-state index contributed by atoms with van der Waals surface area (Å²) in [4.78, 5) is 27.7. The average Bonchev–Trinajstić information content (AvgIpc) is 2.59. The van der Waals surface area contributed by atoms with Gasteiger partial charge in [0.05, 0.1) is 16.8 Å². The molecule has 0 saturated heterocycles. The molecule has 0 aliphatic carbocycles. The monoisotopic (exact) mass is 385 g/mol. The Balaban J connectivity index is 2.23. The van der Waals surface area contributed by atoms with Gasteiger partial charge in [-0.2, -0.15) is 13.2 Å². The number of hydrogen-bond acceptors (Lipinski definition) is 3. The van der Waals surface area contributed by atoms with Gasteiger partial charge in [-0.1, -0.05) is 18.5 Å². The summed E-state index contributed by atoms with van der Waals surface area (Å²) in [5.41, 5.74) is -0.846. The number of nitrogens with zero attached hydrogens (tertiary/aromatic N) is 1. The lowest BCUT2D eigenvalue weighted by molar-refractivity contribution is -0.141. The summed E-state index contributed by atoms with van der Waals surface area (Å²) in [6.07, 6.45) is -3.04. The van der Waals surface area contributed by atoms with E-state index in [-0.39, 0.29) is 21.8 Å². The number of halogens is 4. The van der Waals surface area contributed by atoms with Crippen LogP contribution in [-0.4, -0.2) is 23.3 Å². The first-order chi connectivity index (χ1) is 12.2. The van der Waals surface area contributed by atoms with E-state index in [1.807, 2.05) is 6.92 Å². The van der Waals surface area contributed by atoms with Gasteiger partial charge in [-0.15, -0.1) is 0 Å². The Kier molecular flexibility index (Phi) is 6.20. The lowest BCUT2D eigenvalue weighted by Gasteiger charge is -2.12. The zero-order chi connectivity index (χ0) is 19.3. The van der Waals surface area contributed by atoms with Crippen molar-refractivity contribution < 1.29 is 22.8 Å². The van der Waals surface area contributed by atoms with Crippen molar-refractivity contribution >= 4 is 29.1 Å². The second-order valence-corrected chi connectivity index (χ2v) is 5.77. The van der Waals surface area contributed by atoms with Gasteiger partial charge >= 0.3 is 6.18 Å². The molecule has 1 aromatic heterocycles. The lowest BCUT2D eigenvalue weighted by Crippen LogP contribution is -2.26. The standard InChI is InChI=1S/C17H15ClF3N3O2/c1-2-7-22-16(26)12-5-4-11(18)8-13(12)24-15(25)10-3-6-14(23-9-10)17(19,20)21/h3-6,8-9H,2,7H2,1H3,(H,22,26)(H,24,25). The Labute approximate surface area is 152 Å². The quantitative estimate of drug-likeness (QED) is 0.812. The van der Waals surface area contributed by atoms with Gasteiger partial charge in [0.1, 0.15) is 5.69 Å². The van der Waals surface area contributed by atoms with Crippen LogP contribution in [0.25, 0.3) is 0 Å². The van der Waals surface area contributed by atoms with E-state index < -0.39 is 23.7 Å². The number of alkyl halides is 3. The summed E-state index contributed by atoms with van der Waals surface area (Å²) in [6, 6.07) is 6.05. The van der Waals surface area contributed by atoms with Crippen molar-refractivity contribution in [1.82, 2.24) is 10.3 Å². The maximum Gasteiger partial charge on any atom is 0.433 e. The highest BCUT2D eigenvalue weighted by Crippen LogP contribution is 2.27. The number of hydrogen-bond donors (Lipinski definition) is 2. The van der Waals surface area contributed by atoms with Crippen LogP contribution >= 0.6 is 11.6 Å². The number of carbonyl (C=O) groups excluding carboxylic acids is 2. The molecular weight excluding hydrogens is 371 g/mol. The highest BCUT2D eigenvalue weighted by Gasteiger charge is 2.32. The summed E-state index contributed by atoms with van der Waals surface area (Å²) in [7, 11) is 0. The molecule has 9 heteroatoms. The van der Waals surface area contributed by atoms with E-state index in [2.05, 4.69) is 15.6 Å². The van der Waals surface area contributed by atoms with Crippen LogP contribution in [0.2, 0.25) is 5.02 Å². The predicted octanol–water partition coefficient (Wildman–Crippen LogP) is 4.15. The number of carbonyl (C=O) groups is 2. The van der Waals surface area contributed by atoms with Gasteiger partial charge in [0.2, 0.25) is 0 Å². The second-order valence-electron chi connectivity index (χ2n) is 5.33. The first kappa shape index (κ1) is 19.7. The third kappa shape index (κ3) is 4.95. The van der Waals surface area contributed by atoms with E-state index in [9.17, 15) is 22.8 Å². The summed E-state index contributed by atoms with van der Waals surface area (Å²) in [5.74, 6) is -1.11. The number of nitrogens with one attached hydrogen (secondary N) is 2. The molecule has 2 rings (SSSR count). The fraction of sp³-hybridized carbons (Fsp3) is 0.235. The first-order valence-corrected chi connectivity index (χ1v) is 8.02. The molecule has 0 fully saturated rings. The third-order valence-corrected chi connectivity index (χ3v) is 3.56. The zero-order valence-electron chi connectivity index (χ0n) is 13.7. The zero-order valence-corrected chi connectivity index (χ0v) is 14.4. The van der Waals surface area contributed by atoms with E-state index in [4.69, 9.17) is 11.6 Å². The number of rotatable bonds is 5. The molecule has 5 nitrogen and oxygen atoms in total. The fourth-order valence-electron chi connectivity index (χ4n) is 2.04. The Morgan fingerprint density at radius 3 is 2.46 bits per heavy atom. The molecule has 0 unspecified atom stereocenters. The average molecular weight is 386 g/mol. The SMILES string of the molecule is CCCNC(=O)c1ccc(Cl)cc1NC(=O)c1ccc(C(F)(F)F)nc1. The molecule has 0 atom stereocenters. The van der Waals surface area contributed by atoms with Crippen molar-refractivity contribution in [2.45, 2.75) is 19.5 Å². The van der Waals surface area contributed by atoms with Crippen molar-refractivity contribution in [2.24, 2.45) is 0 Å². The topological polar surface area (TPSA) is 71.1 Å². The molecule has 138 valence electrons. The third-order valence-electron chi connectivity index (χ3n) is 3.33. The minimum Gasteiger partial charge on any atom is -0.352 e. The number of pyridine rings is 1. The molecule has 0 bridgehead atoms. The Hall–Kier alpha value is -2.61. The van der Waals surface area contributed by atoms with Crippen LogP contribution < -0.4 is 10.6 Å². The van der Waals surface area contributed by atoms with E-state index in [1.165, 1.54) is 18.2 Å². The van der Waals surface area contributed by atoms with Crippen LogP contribution in [0.4, 0.5) is 18.9 Å². The van der Waals surface area contributed by atoms with Gasteiger partial charge < -0.3 is 10.6 Å². The molecule has 0 aliphatic rings. The minimum absolute atomic E-state index is 0.0853. The summed E-state index contributed by atoms with van der Waals surface area (Å²) in [5, 5.41) is 5.44. The number of benzene rings is 1. The lowest BCUT2D eigenvalue weighted by atomic mass is 10.1. The molecule has 2 aromatic rings. The molecular formula is C17H15ClF3N3O2. The second kappa shape index (κ2) is 8.18. The van der Waals surface area contributed by atoms with E-state index in [0.29, 0.717) is 12.6 Å². The molecule has 1 aromatic carbocycles. The molecule has 0 aliphatic heterocycles. The molecule has 1 heterocycles. The van der Waals surface area contributed by atoms with Gasteiger partial charge in [-0.25, -0.2) is 0 Å². The van der Waals surface area contributed by atoms with Gasteiger partial charge in [-0.3, -0.25) is 14.6 Å². The van der Waals surface area contributed by atoms with E-state index in [1.54, 1.807) is 0 Å². The van der Waals surface area contributed by atoms with Gasteiger partial charge in [0.25, 0.3) is 11.8 Å². The summed E-state index contributed by atoms with van der Waals surface area (Å²) >= 11 is 5.91. The Morgan fingerprint density at radius 1 is 1.15 bits per heavy atom. The summed E-state index contributed by atoms with van der Waals surface area (Å²) < 4.78 is 37.6. The van der Waals surface area contributed by atoms with Gasteiger partial charge in [0, 0.05) is 17.8 Å². The smallest absolute Gasteiger partial charge is 0.352 e. The van der Waals surface area contributed by atoms with Gasteiger partial charge in [-0.05, 0) is 36.8 Å². The Bertz CT molecular complexity index is 808. The molecule has 0 saturated carbocycles. The maximum atomic E-state index is 12.5. The first-order valence-electron chi connectivity index (χ1n) is 7.64. The van der Waals surface area contributed by atoms with Crippen molar-refractivity contribution in [2.75, 3.05) is 11.9 Å². The van der Waals surface area contributed by atoms with Crippen LogP contribution in [0.3, 0.4) is 0 Å².